The molecule has 0 fully saturated rings. The number of rotatable bonds is 11. The number of hydrogen-bond acceptors (Lipinski definition) is 5. The number of nitrogens with one attached hydrogen (secondary N) is 2. The normalized spacial score (nSPS) is 15.0. The molecule has 8 nitrogen and oxygen atoms in total. The zero-order valence-corrected chi connectivity index (χ0v) is 20.8. The van der Waals surface area contributed by atoms with Crippen molar-refractivity contribution >= 4 is 18.0 Å². The Morgan fingerprint density at radius 3 is 2.06 bits per heavy atom. The standard InChI is InChI=1S/C27H35N3O5/c1-5-17(2)14-23(25(31)28-24(26(32)33)15-30(3)4)29-27(34)35-16-22-20-12-8-6-10-18(20)19-11-7-9-13-21(19)22/h6-13,17,22-24H,5,14-16H2,1-4H3,(H,28,31)(H,29,34)(H,32,33)/t17?,23?,24-/m0/s1. The quantitative estimate of drug-likeness (QED) is 0.454. The van der Waals surface area contributed by atoms with Crippen LogP contribution in [0.2, 0.25) is 0 Å². The van der Waals surface area contributed by atoms with Gasteiger partial charge in [-0.25, -0.2) is 9.59 Å². The van der Waals surface area contributed by atoms with Gasteiger partial charge in [-0.1, -0.05) is 68.8 Å². The summed E-state index contributed by atoms with van der Waals surface area (Å²) >= 11 is 0. The lowest BCUT2D eigenvalue weighted by molar-refractivity contribution is -0.142. The summed E-state index contributed by atoms with van der Waals surface area (Å²) in [5.74, 6) is -1.60. The van der Waals surface area contributed by atoms with Crippen LogP contribution in [0.3, 0.4) is 0 Å². The van der Waals surface area contributed by atoms with E-state index in [0.29, 0.717) is 6.42 Å². The van der Waals surface area contributed by atoms with Gasteiger partial charge in [0.05, 0.1) is 0 Å². The molecule has 0 radical (unpaired) electrons. The summed E-state index contributed by atoms with van der Waals surface area (Å²) in [5, 5.41) is 14.7. The molecule has 2 unspecified atom stereocenters. The van der Waals surface area contributed by atoms with E-state index >= 15 is 0 Å². The Labute approximate surface area is 206 Å². The third kappa shape index (κ3) is 6.60. The van der Waals surface area contributed by atoms with Gasteiger partial charge in [-0.3, -0.25) is 4.79 Å². The van der Waals surface area contributed by atoms with Crippen molar-refractivity contribution in [1.82, 2.24) is 15.5 Å². The molecule has 188 valence electrons. The fourth-order valence-corrected chi connectivity index (χ4v) is 4.41. The first kappa shape index (κ1) is 26.2. The van der Waals surface area contributed by atoms with Crippen LogP contribution in [0.15, 0.2) is 48.5 Å². The summed E-state index contributed by atoms with van der Waals surface area (Å²) in [6.07, 6.45) is 0.492. The number of carboxylic acids is 1. The first-order chi connectivity index (χ1) is 16.7. The number of aliphatic carboxylic acids is 1. The fourth-order valence-electron chi connectivity index (χ4n) is 4.41. The number of hydrogen-bond donors (Lipinski definition) is 3. The van der Waals surface area contributed by atoms with Gasteiger partial charge in [0.15, 0.2) is 0 Å². The maximum Gasteiger partial charge on any atom is 0.407 e. The fraction of sp³-hybridized carbons (Fsp3) is 0.444. The summed E-state index contributed by atoms with van der Waals surface area (Å²) in [4.78, 5) is 39.0. The van der Waals surface area contributed by atoms with Gasteiger partial charge in [-0.05, 0) is 48.7 Å². The number of carbonyl (C=O) groups excluding carboxylic acids is 2. The zero-order valence-electron chi connectivity index (χ0n) is 20.8. The molecule has 0 heterocycles. The highest BCUT2D eigenvalue weighted by Crippen LogP contribution is 2.44. The molecule has 0 saturated carbocycles. The largest absolute Gasteiger partial charge is 0.480 e. The van der Waals surface area contributed by atoms with E-state index in [9.17, 15) is 19.5 Å². The van der Waals surface area contributed by atoms with Crippen molar-refractivity contribution < 1.29 is 24.2 Å². The molecule has 0 saturated heterocycles. The molecule has 0 aliphatic heterocycles. The number of benzene rings is 2. The minimum absolute atomic E-state index is 0.0912. The molecule has 8 heteroatoms. The molecule has 0 bridgehead atoms. The number of fused-ring (bicyclic) bond motifs is 3. The second-order valence-corrected chi connectivity index (χ2v) is 9.43. The Kier molecular flexibility index (Phi) is 8.87. The van der Waals surface area contributed by atoms with Crippen LogP contribution in [-0.2, 0) is 14.3 Å². The third-order valence-electron chi connectivity index (χ3n) is 6.45. The molecule has 3 N–H and O–H groups in total. The molecule has 0 aromatic heterocycles. The molecule has 1 aliphatic carbocycles. The Morgan fingerprint density at radius 1 is 0.971 bits per heavy atom. The number of amides is 2. The highest BCUT2D eigenvalue weighted by molar-refractivity contribution is 5.89. The number of alkyl carbamates (subject to hydrolysis) is 1. The smallest absolute Gasteiger partial charge is 0.407 e. The maximum absolute atomic E-state index is 13.0. The molecule has 1 aliphatic rings. The average molecular weight is 482 g/mol. The molecule has 35 heavy (non-hydrogen) atoms. The van der Waals surface area contributed by atoms with Crippen LogP contribution in [0.4, 0.5) is 4.79 Å². The van der Waals surface area contributed by atoms with Crippen LogP contribution in [0.1, 0.15) is 43.7 Å². The maximum atomic E-state index is 13.0. The van der Waals surface area contributed by atoms with Gasteiger partial charge in [0.1, 0.15) is 18.7 Å². The van der Waals surface area contributed by atoms with Gasteiger partial charge in [0, 0.05) is 12.5 Å². The highest BCUT2D eigenvalue weighted by atomic mass is 16.5. The van der Waals surface area contributed by atoms with Gasteiger partial charge in [0.25, 0.3) is 0 Å². The number of nitrogens with zero attached hydrogens (tertiary/aromatic N) is 1. The van der Waals surface area contributed by atoms with Crippen LogP contribution in [0.25, 0.3) is 11.1 Å². The molecule has 3 atom stereocenters. The molecule has 2 aromatic rings. The third-order valence-corrected chi connectivity index (χ3v) is 6.45. The number of likely N-dealkylation sites (N-methyl/N-ethyl adjacent to an activating group) is 1. The topological polar surface area (TPSA) is 108 Å². The van der Waals surface area contributed by atoms with E-state index in [0.717, 1.165) is 28.7 Å². The van der Waals surface area contributed by atoms with Gasteiger partial charge in [-0.15, -0.1) is 0 Å². The van der Waals surface area contributed by atoms with E-state index in [1.807, 2.05) is 50.2 Å². The molecule has 2 aromatic carbocycles. The minimum atomic E-state index is -1.13. The summed E-state index contributed by atoms with van der Waals surface area (Å²) < 4.78 is 5.60. The molecular weight excluding hydrogens is 446 g/mol. The Morgan fingerprint density at radius 2 is 1.54 bits per heavy atom. The summed E-state index contributed by atoms with van der Waals surface area (Å²) in [6.45, 7) is 4.26. The molecule has 2 amide bonds. The average Bonchev–Trinajstić information content (AvgIpc) is 3.15. The number of carboxylic acid groups (broad SMARTS) is 1. The molecule has 0 spiro atoms. The van der Waals surface area contributed by atoms with Gasteiger partial charge in [-0.2, -0.15) is 0 Å². The lowest BCUT2D eigenvalue weighted by atomic mass is 9.98. The van der Waals surface area contributed by atoms with Gasteiger partial charge < -0.3 is 25.4 Å². The number of ether oxygens (including phenoxy) is 1. The SMILES string of the molecule is CCC(C)CC(NC(=O)OCC1c2ccccc2-c2ccccc21)C(=O)N[C@@H](CN(C)C)C(=O)O. The van der Waals surface area contributed by atoms with Crippen molar-refractivity contribution in [2.24, 2.45) is 5.92 Å². The van der Waals surface area contributed by atoms with Crippen molar-refractivity contribution in [3.63, 3.8) is 0 Å². The monoisotopic (exact) mass is 481 g/mol. The lowest BCUT2D eigenvalue weighted by Gasteiger charge is -2.25. The lowest BCUT2D eigenvalue weighted by Crippen LogP contribution is -2.54. The Balaban J connectivity index is 1.68. The van der Waals surface area contributed by atoms with Crippen molar-refractivity contribution in [2.75, 3.05) is 27.2 Å². The van der Waals surface area contributed by atoms with E-state index in [4.69, 9.17) is 4.74 Å². The first-order valence-corrected chi connectivity index (χ1v) is 12.0. The van der Waals surface area contributed by atoms with Crippen LogP contribution in [0.5, 0.6) is 0 Å². The van der Waals surface area contributed by atoms with Crippen LogP contribution < -0.4 is 10.6 Å². The molecular formula is C27H35N3O5. The van der Waals surface area contributed by atoms with Crippen molar-refractivity contribution in [1.29, 1.82) is 0 Å². The van der Waals surface area contributed by atoms with E-state index < -0.39 is 30.1 Å². The predicted octanol–water partition coefficient (Wildman–Crippen LogP) is 3.46. The highest BCUT2D eigenvalue weighted by Gasteiger charge is 2.31. The van der Waals surface area contributed by atoms with Crippen LogP contribution in [-0.4, -0.2) is 67.3 Å². The van der Waals surface area contributed by atoms with E-state index in [1.54, 1.807) is 19.0 Å². The van der Waals surface area contributed by atoms with Gasteiger partial charge >= 0.3 is 12.1 Å². The van der Waals surface area contributed by atoms with Crippen LogP contribution >= 0.6 is 0 Å². The summed E-state index contributed by atoms with van der Waals surface area (Å²) in [5.41, 5.74) is 4.46. The van der Waals surface area contributed by atoms with Crippen molar-refractivity contribution in [3.8, 4) is 11.1 Å². The van der Waals surface area contributed by atoms with E-state index in [-0.39, 0.29) is 25.0 Å². The Bertz CT molecular complexity index is 1010. The Hall–Kier alpha value is -3.39. The number of carbonyl (C=O) groups is 3. The van der Waals surface area contributed by atoms with E-state index in [1.165, 1.54) is 0 Å². The van der Waals surface area contributed by atoms with E-state index in [2.05, 4.69) is 22.8 Å². The van der Waals surface area contributed by atoms with Crippen LogP contribution in [0, 0.1) is 5.92 Å². The molecule has 3 rings (SSSR count). The zero-order chi connectivity index (χ0) is 25.5. The predicted molar refractivity (Wildman–Crippen MR) is 134 cm³/mol. The summed E-state index contributed by atoms with van der Waals surface area (Å²) in [6, 6.07) is 14.1. The first-order valence-electron chi connectivity index (χ1n) is 12.0. The second kappa shape index (κ2) is 11.8. The van der Waals surface area contributed by atoms with Crippen molar-refractivity contribution in [2.45, 2.75) is 44.7 Å². The van der Waals surface area contributed by atoms with Gasteiger partial charge in [0.2, 0.25) is 5.91 Å². The van der Waals surface area contributed by atoms with Crippen molar-refractivity contribution in [3.05, 3.63) is 59.7 Å². The minimum Gasteiger partial charge on any atom is -0.480 e. The summed E-state index contributed by atoms with van der Waals surface area (Å²) in [7, 11) is 3.46. The second-order valence-electron chi connectivity index (χ2n) is 9.43.